The van der Waals surface area contributed by atoms with Gasteiger partial charge in [0, 0.05) is 0 Å². The predicted molar refractivity (Wildman–Crippen MR) is 37.0 cm³/mol. The molecule has 0 N–H and O–H groups in total. The maximum atomic E-state index is 12.7. The van der Waals surface area contributed by atoms with Crippen molar-refractivity contribution >= 4 is 0 Å². The minimum absolute atomic E-state index is 0.566. The molecule has 16 heavy (non-hydrogen) atoms. The molecular formula is C7H6F8O. The summed E-state index contributed by atoms with van der Waals surface area (Å²) in [5.74, 6) is 0. The Balaban J connectivity index is 5.27. The van der Waals surface area contributed by atoms with Gasteiger partial charge in [0.1, 0.15) is 0 Å². The third-order valence-electron chi connectivity index (χ3n) is 1.52. The summed E-state index contributed by atoms with van der Waals surface area (Å²) in [6, 6.07) is 0. The van der Waals surface area contributed by atoms with E-state index < -0.39 is 31.0 Å². The molecule has 0 saturated heterocycles. The molecule has 0 fully saturated rings. The summed E-state index contributed by atoms with van der Waals surface area (Å²) in [6.07, 6.45) is -16.6. The van der Waals surface area contributed by atoms with Gasteiger partial charge in [-0.15, -0.1) is 6.58 Å². The lowest BCUT2D eigenvalue weighted by Crippen LogP contribution is -2.61. The summed E-state index contributed by atoms with van der Waals surface area (Å²) in [5, 5.41) is 0. The average molecular weight is 258 g/mol. The van der Waals surface area contributed by atoms with E-state index in [0.29, 0.717) is 6.08 Å². The SMILES string of the molecule is C=CCOC(F)(F)C(F)(C(F)F)C(F)(F)F. The van der Waals surface area contributed by atoms with Crippen LogP contribution in [0.15, 0.2) is 12.7 Å². The molecule has 0 aromatic rings. The fraction of sp³-hybridized carbons (Fsp3) is 0.714. The standard InChI is InChI=1S/C7H6F8O/c1-2-3-16-7(14,15)5(10,4(8)9)6(11,12)13/h2,4H,1,3H2. The van der Waals surface area contributed by atoms with Gasteiger partial charge in [-0.1, -0.05) is 6.08 Å². The first-order chi connectivity index (χ1) is 7.00. The first-order valence-electron chi connectivity index (χ1n) is 3.67. The topological polar surface area (TPSA) is 9.23 Å². The molecule has 0 aromatic carbocycles. The van der Waals surface area contributed by atoms with Crippen molar-refractivity contribution in [1.82, 2.24) is 0 Å². The van der Waals surface area contributed by atoms with Crippen molar-refractivity contribution in [3.05, 3.63) is 12.7 Å². The van der Waals surface area contributed by atoms with Crippen molar-refractivity contribution in [3.63, 3.8) is 0 Å². The average Bonchev–Trinajstić information content (AvgIpc) is 2.11. The van der Waals surface area contributed by atoms with Crippen LogP contribution in [-0.4, -0.2) is 31.0 Å². The summed E-state index contributed by atoms with van der Waals surface area (Å²) >= 11 is 0. The Morgan fingerprint density at radius 1 is 1.06 bits per heavy atom. The van der Waals surface area contributed by atoms with Gasteiger partial charge >= 0.3 is 18.0 Å². The summed E-state index contributed by atoms with van der Waals surface area (Å²) in [7, 11) is 0. The van der Waals surface area contributed by atoms with Gasteiger partial charge < -0.3 is 4.74 Å². The van der Waals surface area contributed by atoms with Crippen LogP contribution in [0.25, 0.3) is 0 Å². The van der Waals surface area contributed by atoms with Crippen LogP contribution < -0.4 is 0 Å². The summed E-state index contributed by atoms with van der Waals surface area (Å²) in [6.45, 7) is 1.60. The third-order valence-corrected chi connectivity index (χ3v) is 1.52. The number of alkyl halides is 8. The van der Waals surface area contributed by atoms with Crippen molar-refractivity contribution < 1.29 is 39.9 Å². The maximum Gasteiger partial charge on any atom is 0.437 e. The van der Waals surface area contributed by atoms with Gasteiger partial charge in [0.05, 0.1) is 6.61 Å². The van der Waals surface area contributed by atoms with Crippen LogP contribution in [0.2, 0.25) is 0 Å². The van der Waals surface area contributed by atoms with E-state index in [0.717, 1.165) is 0 Å². The molecule has 0 heterocycles. The maximum absolute atomic E-state index is 12.7. The fourth-order valence-electron chi connectivity index (χ4n) is 0.684. The lowest BCUT2D eigenvalue weighted by molar-refractivity contribution is -0.404. The van der Waals surface area contributed by atoms with E-state index >= 15 is 0 Å². The zero-order chi connectivity index (χ0) is 13.2. The number of hydrogen-bond acceptors (Lipinski definition) is 1. The second-order valence-corrected chi connectivity index (χ2v) is 2.63. The summed E-state index contributed by atoms with van der Waals surface area (Å²) < 4.78 is 100. The normalized spacial score (nSPS) is 17.3. The van der Waals surface area contributed by atoms with Crippen LogP contribution in [0.1, 0.15) is 0 Å². The zero-order valence-corrected chi connectivity index (χ0v) is 7.50. The Bertz CT molecular complexity index is 247. The van der Waals surface area contributed by atoms with Gasteiger partial charge in [0.2, 0.25) is 0 Å². The molecule has 0 rings (SSSR count). The van der Waals surface area contributed by atoms with Crippen LogP contribution in [0.4, 0.5) is 35.1 Å². The minimum atomic E-state index is -6.47. The van der Waals surface area contributed by atoms with E-state index in [9.17, 15) is 35.1 Å². The van der Waals surface area contributed by atoms with E-state index in [4.69, 9.17) is 0 Å². The van der Waals surface area contributed by atoms with E-state index in [-0.39, 0.29) is 0 Å². The molecule has 1 atom stereocenters. The van der Waals surface area contributed by atoms with E-state index in [1.165, 1.54) is 0 Å². The monoisotopic (exact) mass is 258 g/mol. The molecular weight excluding hydrogens is 252 g/mol. The van der Waals surface area contributed by atoms with Gasteiger partial charge in [-0.3, -0.25) is 0 Å². The number of ether oxygens (including phenoxy) is 1. The summed E-state index contributed by atoms with van der Waals surface area (Å²) in [5.41, 5.74) is -6.05. The Morgan fingerprint density at radius 3 is 1.75 bits per heavy atom. The van der Waals surface area contributed by atoms with Crippen molar-refractivity contribution in [2.24, 2.45) is 0 Å². The highest BCUT2D eigenvalue weighted by Gasteiger charge is 2.78. The highest BCUT2D eigenvalue weighted by atomic mass is 19.4. The molecule has 0 aliphatic rings. The Kier molecular flexibility index (Phi) is 4.31. The van der Waals surface area contributed by atoms with Gasteiger partial charge in [-0.25, -0.2) is 13.2 Å². The predicted octanol–water partition coefficient (Wildman–Crippen LogP) is 3.32. The molecule has 0 saturated carbocycles. The largest absolute Gasteiger partial charge is 0.437 e. The van der Waals surface area contributed by atoms with E-state index in [1.807, 2.05) is 0 Å². The smallest absolute Gasteiger partial charge is 0.313 e. The van der Waals surface area contributed by atoms with E-state index in [2.05, 4.69) is 11.3 Å². The van der Waals surface area contributed by atoms with Crippen molar-refractivity contribution in [2.45, 2.75) is 24.4 Å². The highest BCUT2D eigenvalue weighted by Crippen LogP contribution is 2.49. The first-order valence-corrected chi connectivity index (χ1v) is 3.67. The minimum Gasteiger partial charge on any atom is -0.313 e. The molecule has 0 aliphatic heterocycles. The molecule has 1 nitrogen and oxygen atoms in total. The first kappa shape index (κ1) is 15.1. The van der Waals surface area contributed by atoms with Crippen LogP contribution in [-0.2, 0) is 4.74 Å². The molecule has 0 aromatic heterocycles. The van der Waals surface area contributed by atoms with Crippen LogP contribution >= 0.6 is 0 Å². The highest BCUT2D eigenvalue weighted by molar-refractivity contribution is 4.98. The number of hydrogen-bond donors (Lipinski definition) is 0. The molecule has 0 amide bonds. The van der Waals surface area contributed by atoms with Gasteiger partial charge in [-0.05, 0) is 0 Å². The quantitative estimate of drug-likeness (QED) is 0.543. The molecule has 0 aliphatic carbocycles. The molecule has 9 heteroatoms. The number of rotatable bonds is 5. The lowest BCUT2D eigenvalue weighted by Gasteiger charge is -2.33. The molecule has 1 unspecified atom stereocenters. The second-order valence-electron chi connectivity index (χ2n) is 2.63. The molecule has 0 bridgehead atoms. The van der Waals surface area contributed by atoms with Crippen LogP contribution in [0, 0.1) is 0 Å². The molecule has 96 valence electrons. The molecule has 0 spiro atoms. The zero-order valence-electron chi connectivity index (χ0n) is 7.50. The van der Waals surface area contributed by atoms with Crippen molar-refractivity contribution in [3.8, 4) is 0 Å². The van der Waals surface area contributed by atoms with Gasteiger partial charge in [0.15, 0.2) is 0 Å². The van der Waals surface area contributed by atoms with Crippen LogP contribution in [0.5, 0.6) is 0 Å². The Labute approximate surface area is 84.7 Å². The fourth-order valence-corrected chi connectivity index (χ4v) is 0.684. The number of halogens is 8. The van der Waals surface area contributed by atoms with Crippen molar-refractivity contribution in [1.29, 1.82) is 0 Å². The summed E-state index contributed by atoms with van der Waals surface area (Å²) in [4.78, 5) is 0. The second kappa shape index (κ2) is 4.56. The van der Waals surface area contributed by atoms with Gasteiger partial charge in [0.25, 0.3) is 6.43 Å². The van der Waals surface area contributed by atoms with Crippen molar-refractivity contribution in [2.75, 3.05) is 6.61 Å². The Hall–Kier alpha value is -0.860. The van der Waals surface area contributed by atoms with Gasteiger partial charge in [-0.2, -0.15) is 22.0 Å². The third kappa shape index (κ3) is 2.45. The van der Waals surface area contributed by atoms with Crippen LogP contribution in [0.3, 0.4) is 0 Å². The van der Waals surface area contributed by atoms with E-state index in [1.54, 1.807) is 0 Å². The molecule has 0 radical (unpaired) electrons. The lowest BCUT2D eigenvalue weighted by atomic mass is 10.1. The Morgan fingerprint density at radius 2 is 1.50 bits per heavy atom.